The molecule has 35 heavy (non-hydrogen) atoms. The summed E-state index contributed by atoms with van der Waals surface area (Å²) in [6.45, 7) is 4.39. The Morgan fingerprint density at radius 3 is 1.89 bits per heavy atom. The smallest absolute Gasteiger partial charge is 0.369 e. The molecule has 1 saturated heterocycles. The van der Waals surface area contributed by atoms with Crippen LogP contribution in [0.15, 0.2) is 42.5 Å². The normalized spacial score (nSPS) is 17.1. The minimum absolute atomic E-state index is 0.395. The van der Waals surface area contributed by atoms with Gasteiger partial charge in [0.1, 0.15) is 0 Å². The Bertz CT molecular complexity index is 1130. The van der Waals surface area contributed by atoms with Crippen LogP contribution in [-0.2, 0) is 28.6 Å². The SMILES string of the molecule is CCc1cc(CN2CCN(S(C)(=O)=O)CC2)ccc1-c1ccc(C(O)(C(F)(F)F)C(F)(F)F)cc1. The molecule has 0 saturated carbocycles. The summed E-state index contributed by atoms with van der Waals surface area (Å²) in [4.78, 5) is 2.11. The van der Waals surface area contributed by atoms with Crippen LogP contribution >= 0.6 is 0 Å². The van der Waals surface area contributed by atoms with Gasteiger partial charge in [0, 0.05) is 38.3 Å². The molecule has 1 aliphatic rings. The van der Waals surface area contributed by atoms with Crippen LogP contribution in [0.3, 0.4) is 0 Å². The maximum Gasteiger partial charge on any atom is 0.430 e. The molecule has 0 spiro atoms. The molecule has 194 valence electrons. The third kappa shape index (κ3) is 5.65. The van der Waals surface area contributed by atoms with Gasteiger partial charge in [0.15, 0.2) is 0 Å². The Labute approximate surface area is 200 Å². The molecule has 0 unspecified atom stereocenters. The van der Waals surface area contributed by atoms with Crippen molar-refractivity contribution in [3.8, 4) is 11.1 Å². The summed E-state index contributed by atoms with van der Waals surface area (Å²) in [6.07, 6.45) is -10.1. The molecule has 0 radical (unpaired) electrons. The summed E-state index contributed by atoms with van der Waals surface area (Å²) in [7, 11) is -3.23. The second-order valence-electron chi connectivity index (χ2n) is 8.57. The number of halogens is 6. The number of nitrogens with zero attached hydrogens (tertiary/aromatic N) is 2. The Balaban J connectivity index is 1.81. The van der Waals surface area contributed by atoms with Crippen LogP contribution in [0.2, 0.25) is 0 Å². The number of rotatable bonds is 6. The number of benzene rings is 2. The third-order valence-electron chi connectivity index (χ3n) is 6.19. The highest BCUT2D eigenvalue weighted by Crippen LogP contribution is 2.50. The number of aryl methyl sites for hydroxylation is 1. The van der Waals surface area contributed by atoms with Crippen molar-refractivity contribution >= 4 is 10.0 Å². The van der Waals surface area contributed by atoms with Crippen molar-refractivity contribution in [2.45, 2.75) is 37.8 Å². The number of alkyl halides is 6. The van der Waals surface area contributed by atoms with Gasteiger partial charge in [0.05, 0.1) is 6.26 Å². The van der Waals surface area contributed by atoms with Gasteiger partial charge in [-0.25, -0.2) is 8.42 Å². The predicted molar refractivity (Wildman–Crippen MR) is 119 cm³/mol. The van der Waals surface area contributed by atoms with Gasteiger partial charge in [-0.05, 0) is 28.7 Å². The van der Waals surface area contributed by atoms with E-state index in [4.69, 9.17) is 0 Å². The average Bonchev–Trinajstić information content (AvgIpc) is 2.77. The van der Waals surface area contributed by atoms with E-state index in [0.717, 1.165) is 23.3 Å². The molecular formula is C23H26F6N2O3S. The summed E-state index contributed by atoms with van der Waals surface area (Å²) in [5.74, 6) is 0. The van der Waals surface area contributed by atoms with E-state index in [9.17, 15) is 39.9 Å². The zero-order valence-corrected chi connectivity index (χ0v) is 19.9. The van der Waals surface area contributed by atoms with E-state index < -0.39 is 33.5 Å². The Morgan fingerprint density at radius 1 is 0.886 bits per heavy atom. The van der Waals surface area contributed by atoms with Crippen LogP contribution < -0.4 is 0 Å². The van der Waals surface area contributed by atoms with Crippen molar-refractivity contribution < 1.29 is 39.9 Å². The van der Waals surface area contributed by atoms with Crippen LogP contribution in [-0.4, -0.2) is 67.5 Å². The van der Waals surface area contributed by atoms with Crippen LogP contribution in [0.1, 0.15) is 23.6 Å². The van der Waals surface area contributed by atoms with Crippen LogP contribution in [0.25, 0.3) is 11.1 Å². The predicted octanol–water partition coefficient (Wildman–Crippen LogP) is 4.31. The molecule has 1 fully saturated rings. The van der Waals surface area contributed by atoms with E-state index >= 15 is 0 Å². The van der Waals surface area contributed by atoms with Gasteiger partial charge in [-0.3, -0.25) is 4.90 Å². The second-order valence-corrected chi connectivity index (χ2v) is 10.5. The first-order chi connectivity index (χ1) is 16.1. The standard InChI is InChI=1S/C23H26F6N2O3S/c1-3-17-14-16(15-30-10-12-31(13-11-30)35(2,33)34)4-9-20(17)18-5-7-19(8-6-18)21(32,22(24,25)26)23(27,28)29/h4-9,14,32H,3,10-13,15H2,1-2H3. The third-order valence-corrected chi connectivity index (χ3v) is 7.49. The highest BCUT2D eigenvalue weighted by atomic mass is 32.2. The van der Waals surface area contributed by atoms with Crippen LogP contribution in [0.4, 0.5) is 26.3 Å². The number of hydrogen-bond acceptors (Lipinski definition) is 4. The second kappa shape index (κ2) is 9.72. The van der Waals surface area contributed by atoms with Gasteiger partial charge in [-0.1, -0.05) is 49.4 Å². The molecule has 2 aromatic rings. The highest BCUT2D eigenvalue weighted by molar-refractivity contribution is 7.88. The van der Waals surface area contributed by atoms with Gasteiger partial charge >= 0.3 is 12.4 Å². The zero-order chi connectivity index (χ0) is 26.2. The fourth-order valence-corrected chi connectivity index (χ4v) is 5.00. The topological polar surface area (TPSA) is 60.9 Å². The first-order valence-corrected chi connectivity index (χ1v) is 12.7. The maximum atomic E-state index is 13.1. The van der Waals surface area contributed by atoms with Gasteiger partial charge in [-0.2, -0.15) is 30.6 Å². The minimum Gasteiger partial charge on any atom is -0.369 e. The lowest BCUT2D eigenvalue weighted by molar-refractivity contribution is -0.376. The molecule has 1 N–H and O–H groups in total. The van der Waals surface area contributed by atoms with E-state index in [-0.39, 0.29) is 0 Å². The molecule has 0 bridgehead atoms. The summed E-state index contributed by atoms with van der Waals surface area (Å²) in [6, 6.07) is 9.07. The van der Waals surface area contributed by atoms with E-state index in [2.05, 4.69) is 4.90 Å². The highest BCUT2D eigenvalue weighted by Gasteiger charge is 2.71. The molecule has 1 aliphatic heterocycles. The molecule has 0 atom stereocenters. The molecule has 12 heteroatoms. The largest absolute Gasteiger partial charge is 0.430 e. The molecule has 0 aliphatic carbocycles. The molecule has 0 aromatic heterocycles. The number of aliphatic hydroxyl groups is 1. The summed E-state index contributed by atoms with van der Waals surface area (Å²) in [5, 5.41) is 9.58. The Hall–Kier alpha value is -2.15. The quantitative estimate of drug-likeness (QED) is 0.573. The number of piperazine rings is 1. The van der Waals surface area contributed by atoms with Crippen molar-refractivity contribution in [3.63, 3.8) is 0 Å². The van der Waals surface area contributed by atoms with Gasteiger partial charge in [-0.15, -0.1) is 0 Å². The van der Waals surface area contributed by atoms with Crippen molar-refractivity contribution in [1.29, 1.82) is 0 Å². The van der Waals surface area contributed by atoms with Crippen molar-refractivity contribution in [1.82, 2.24) is 9.21 Å². The van der Waals surface area contributed by atoms with E-state index in [1.165, 1.54) is 10.6 Å². The van der Waals surface area contributed by atoms with Crippen LogP contribution in [0, 0.1) is 0 Å². The molecule has 5 nitrogen and oxygen atoms in total. The van der Waals surface area contributed by atoms with E-state index in [1.807, 2.05) is 19.1 Å². The lowest BCUT2D eigenvalue weighted by Crippen LogP contribution is -2.53. The first-order valence-electron chi connectivity index (χ1n) is 10.8. The monoisotopic (exact) mass is 524 g/mol. The lowest BCUT2D eigenvalue weighted by atomic mass is 9.89. The molecule has 0 amide bonds. The fourth-order valence-electron chi connectivity index (χ4n) is 4.18. The zero-order valence-electron chi connectivity index (χ0n) is 19.1. The van der Waals surface area contributed by atoms with Crippen molar-refractivity contribution in [2.75, 3.05) is 32.4 Å². The van der Waals surface area contributed by atoms with Gasteiger partial charge in [0.25, 0.3) is 5.60 Å². The molecule has 2 aromatic carbocycles. The van der Waals surface area contributed by atoms with Crippen molar-refractivity contribution in [2.24, 2.45) is 0 Å². The molecular weight excluding hydrogens is 498 g/mol. The molecule has 1 heterocycles. The number of sulfonamides is 1. The lowest BCUT2D eigenvalue weighted by Gasteiger charge is -2.33. The summed E-state index contributed by atoms with van der Waals surface area (Å²) in [5.41, 5.74) is -3.37. The van der Waals surface area contributed by atoms with Crippen LogP contribution in [0.5, 0.6) is 0 Å². The first kappa shape index (κ1) is 27.4. The average molecular weight is 525 g/mol. The molecule has 3 rings (SSSR count). The van der Waals surface area contributed by atoms with Gasteiger partial charge in [0.2, 0.25) is 10.0 Å². The number of hydrogen-bond donors (Lipinski definition) is 1. The van der Waals surface area contributed by atoms with E-state index in [1.54, 1.807) is 6.07 Å². The van der Waals surface area contributed by atoms with Gasteiger partial charge < -0.3 is 5.11 Å². The summed E-state index contributed by atoms with van der Waals surface area (Å²) < 4.78 is 104. The Kier molecular flexibility index (Phi) is 7.62. The Morgan fingerprint density at radius 2 is 1.43 bits per heavy atom. The summed E-state index contributed by atoms with van der Waals surface area (Å²) >= 11 is 0. The van der Waals surface area contributed by atoms with E-state index in [0.29, 0.717) is 62.4 Å². The van der Waals surface area contributed by atoms with Crippen molar-refractivity contribution in [3.05, 3.63) is 59.2 Å². The fraction of sp³-hybridized carbons (Fsp3) is 0.478. The minimum atomic E-state index is -5.93. The maximum absolute atomic E-state index is 13.1.